The summed E-state index contributed by atoms with van der Waals surface area (Å²) in [5.41, 5.74) is 2.96. The van der Waals surface area contributed by atoms with Gasteiger partial charge in [0.05, 0.1) is 12.5 Å². The summed E-state index contributed by atoms with van der Waals surface area (Å²) in [7, 11) is 1.71. The minimum atomic E-state index is -0.258. The van der Waals surface area contributed by atoms with Crippen molar-refractivity contribution in [1.82, 2.24) is 9.88 Å². The van der Waals surface area contributed by atoms with Crippen molar-refractivity contribution in [2.24, 2.45) is 0 Å². The molecule has 0 aliphatic carbocycles. The van der Waals surface area contributed by atoms with Crippen LogP contribution in [0.5, 0.6) is 0 Å². The number of halogens is 1. The van der Waals surface area contributed by atoms with E-state index in [2.05, 4.69) is 4.98 Å². The number of nitrogens with zero attached hydrogens (tertiary/aromatic N) is 1. The number of hydrogen-bond donors (Lipinski definition) is 2. The second-order valence-electron chi connectivity index (χ2n) is 5.83. The molecule has 0 bridgehead atoms. The number of rotatable bonds is 4. The molecule has 3 rings (SSSR count). The Morgan fingerprint density at radius 3 is 2.74 bits per heavy atom. The van der Waals surface area contributed by atoms with E-state index in [1.165, 1.54) is 0 Å². The van der Waals surface area contributed by atoms with E-state index in [9.17, 15) is 4.79 Å². The Morgan fingerprint density at radius 2 is 2.00 bits per heavy atom. The van der Waals surface area contributed by atoms with Crippen LogP contribution in [0.25, 0.3) is 21.8 Å². The van der Waals surface area contributed by atoms with Crippen LogP contribution in [-0.2, 0) is 4.79 Å². The molecule has 0 fully saturated rings. The number of fused-ring (bicyclic) bond motifs is 3. The summed E-state index contributed by atoms with van der Waals surface area (Å²) < 4.78 is 0. The molecule has 0 saturated heterocycles. The molecule has 2 N–H and O–H groups in total. The summed E-state index contributed by atoms with van der Waals surface area (Å²) in [6.45, 7) is 2.20. The van der Waals surface area contributed by atoms with Crippen LogP contribution < -0.4 is 0 Å². The zero-order valence-corrected chi connectivity index (χ0v) is 13.9. The molecule has 0 aliphatic rings. The maximum atomic E-state index is 12.4. The Kier molecular flexibility index (Phi) is 4.28. The third-order valence-corrected chi connectivity index (χ3v) is 4.50. The lowest BCUT2D eigenvalue weighted by atomic mass is 9.98. The minimum Gasteiger partial charge on any atom is -0.395 e. The Labute approximate surface area is 139 Å². The van der Waals surface area contributed by atoms with E-state index in [1.54, 1.807) is 11.9 Å². The molecular formula is C18H19ClN2O2. The van der Waals surface area contributed by atoms with E-state index in [0.29, 0.717) is 11.6 Å². The van der Waals surface area contributed by atoms with Crippen molar-refractivity contribution >= 4 is 39.3 Å². The number of H-pyrrole nitrogens is 1. The van der Waals surface area contributed by atoms with Crippen molar-refractivity contribution in [2.75, 3.05) is 20.2 Å². The highest BCUT2D eigenvalue weighted by molar-refractivity contribution is 6.31. The van der Waals surface area contributed by atoms with Gasteiger partial charge in [0.25, 0.3) is 0 Å². The lowest BCUT2D eigenvalue weighted by molar-refractivity contribution is -0.131. The second-order valence-corrected chi connectivity index (χ2v) is 6.26. The molecule has 120 valence electrons. The van der Waals surface area contributed by atoms with Gasteiger partial charge in [-0.15, -0.1) is 0 Å². The summed E-state index contributed by atoms with van der Waals surface area (Å²) >= 11 is 6.08. The number of aliphatic hydroxyl groups excluding tert-OH is 1. The smallest absolute Gasteiger partial charge is 0.229 e. The Hall–Kier alpha value is -2.04. The van der Waals surface area contributed by atoms with Gasteiger partial charge in [-0.2, -0.15) is 0 Å². The third kappa shape index (κ3) is 2.92. The average molecular weight is 331 g/mol. The predicted molar refractivity (Wildman–Crippen MR) is 94.0 cm³/mol. The summed E-state index contributed by atoms with van der Waals surface area (Å²) in [4.78, 5) is 17.3. The largest absolute Gasteiger partial charge is 0.395 e. The fraction of sp³-hybridized carbons (Fsp3) is 0.278. The zero-order chi connectivity index (χ0) is 16.6. The minimum absolute atomic E-state index is 0.00226. The van der Waals surface area contributed by atoms with Gasteiger partial charge in [-0.25, -0.2) is 0 Å². The first kappa shape index (κ1) is 15.8. The van der Waals surface area contributed by atoms with Crippen LogP contribution in [0.3, 0.4) is 0 Å². The number of aromatic amines is 1. The molecule has 2 aromatic carbocycles. The zero-order valence-electron chi connectivity index (χ0n) is 13.1. The van der Waals surface area contributed by atoms with Gasteiger partial charge in [-0.1, -0.05) is 23.7 Å². The molecular weight excluding hydrogens is 312 g/mol. The molecule has 1 heterocycles. The van der Waals surface area contributed by atoms with E-state index in [4.69, 9.17) is 16.7 Å². The van der Waals surface area contributed by atoms with Crippen molar-refractivity contribution in [3.05, 3.63) is 47.0 Å². The highest BCUT2D eigenvalue weighted by Gasteiger charge is 2.19. The number of likely N-dealkylation sites (N-methyl/N-ethyl adjacent to an activating group) is 1. The topological polar surface area (TPSA) is 56.3 Å². The fourth-order valence-corrected chi connectivity index (χ4v) is 3.07. The molecule has 1 atom stereocenters. The van der Waals surface area contributed by atoms with Gasteiger partial charge in [0.2, 0.25) is 5.91 Å². The fourth-order valence-electron chi connectivity index (χ4n) is 2.90. The van der Waals surface area contributed by atoms with Gasteiger partial charge in [0.1, 0.15) is 0 Å². The maximum Gasteiger partial charge on any atom is 0.229 e. The highest BCUT2D eigenvalue weighted by Crippen LogP contribution is 2.30. The molecule has 1 amide bonds. The summed E-state index contributed by atoms with van der Waals surface area (Å²) in [5.74, 6) is -0.261. The lowest BCUT2D eigenvalue weighted by Gasteiger charge is -2.20. The van der Waals surface area contributed by atoms with Gasteiger partial charge in [0, 0.05) is 40.4 Å². The Bertz CT molecular complexity index is 872. The third-order valence-electron chi connectivity index (χ3n) is 4.27. The molecule has 23 heavy (non-hydrogen) atoms. The molecule has 0 spiro atoms. The molecule has 4 nitrogen and oxygen atoms in total. The number of aromatic nitrogens is 1. The predicted octanol–water partition coefficient (Wildman–Crippen LogP) is 3.53. The summed E-state index contributed by atoms with van der Waals surface area (Å²) in [6.07, 6.45) is 0. The number of benzene rings is 2. The molecule has 3 aromatic rings. The van der Waals surface area contributed by atoms with Crippen LogP contribution in [0.1, 0.15) is 18.4 Å². The van der Waals surface area contributed by atoms with Crippen LogP contribution in [0.4, 0.5) is 0 Å². The van der Waals surface area contributed by atoms with Crippen LogP contribution in [0, 0.1) is 0 Å². The number of aliphatic hydroxyl groups is 1. The quantitative estimate of drug-likeness (QED) is 0.769. The highest BCUT2D eigenvalue weighted by atomic mass is 35.5. The molecule has 0 saturated carbocycles. The van der Waals surface area contributed by atoms with Crippen LogP contribution in [0.2, 0.25) is 5.02 Å². The van der Waals surface area contributed by atoms with Crippen LogP contribution in [-0.4, -0.2) is 41.1 Å². The van der Waals surface area contributed by atoms with E-state index < -0.39 is 0 Å². The van der Waals surface area contributed by atoms with E-state index in [0.717, 1.165) is 27.4 Å². The lowest BCUT2D eigenvalue weighted by Crippen LogP contribution is -2.32. The summed E-state index contributed by atoms with van der Waals surface area (Å²) in [6, 6.07) is 11.8. The first-order valence-electron chi connectivity index (χ1n) is 7.58. The standard InChI is InChI=1S/C18H19ClN2O2/c1-11(18(23)21(2)7-8-22)12-3-5-14-15-10-13(19)4-6-16(15)20-17(14)9-12/h3-6,9-11,20,22H,7-8H2,1-2H3/t11-/m0/s1. The molecule has 0 aliphatic heterocycles. The van der Waals surface area contributed by atoms with Crippen molar-refractivity contribution < 1.29 is 9.90 Å². The van der Waals surface area contributed by atoms with E-state index in [1.807, 2.05) is 43.3 Å². The number of nitrogens with one attached hydrogen (secondary N) is 1. The van der Waals surface area contributed by atoms with Crippen molar-refractivity contribution in [2.45, 2.75) is 12.8 Å². The van der Waals surface area contributed by atoms with E-state index in [-0.39, 0.29) is 18.4 Å². The van der Waals surface area contributed by atoms with Gasteiger partial charge in [-0.3, -0.25) is 4.79 Å². The molecule has 0 unspecified atom stereocenters. The Morgan fingerprint density at radius 1 is 1.22 bits per heavy atom. The van der Waals surface area contributed by atoms with Crippen LogP contribution >= 0.6 is 11.6 Å². The van der Waals surface area contributed by atoms with Gasteiger partial charge >= 0.3 is 0 Å². The molecule has 0 radical (unpaired) electrons. The van der Waals surface area contributed by atoms with E-state index >= 15 is 0 Å². The van der Waals surface area contributed by atoms with Gasteiger partial charge in [0.15, 0.2) is 0 Å². The number of amides is 1. The normalized spacial score (nSPS) is 12.7. The summed E-state index contributed by atoms with van der Waals surface area (Å²) in [5, 5.41) is 11.8. The molecule has 1 aromatic heterocycles. The number of hydrogen-bond acceptors (Lipinski definition) is 2. The monoisotopic (exact) mass is 330 g/mol. The van der Waals surface area contributed by atoms with Crippen molar-refractivity contribution in [3.8, 4) is 0 Å². The first-order chi connectivity index (χ1) is 11.0. The van der Waals surface area contributed by atoms with Gasteiger partial charge < -0.3 is 15.0 Å². The average Bonchev–Trinajstić information content (AvgIpc) is 2.90. The van der Waals surface area contributed by atoms with Crippen molar-refractivity contribution in [3.63, 3.8) is 0 Å². The van der Waals surface area contributed by atoms with Gasteiger partial charge in [-0.05, 0) is 36.8 Å². The maximum absolute atomic E-state index is 12.4. The first-order valence-corrected chi connectivity index (χ1v) is 7.96. The number of carbonyl (C=O) groups is 1. The number of carbonyl (C=O) groups excluding carboxylic acids is 1. The van der Waals surface area contributed by atoms with Crippen LogP contribution in [0.15, 0.2) is 36.4 Å². The second kappa shape index (κ2) is 6.22. The SMILES string of the molecule is C[C@H](C(=O)N(C)CCO)c1ccc2c(c1)[nH]c1ccc(Cl)cc12. The van der Waals surface area contributed by atoms with Crippen molar-refractivity contribution in [1.29, 1.82) is 0 Å². The molecule has 5 heteroatoms. The Balaban J connectivity index is 2.00.